The highest BCUT2D eigenvalue weighted by Gasteiger charge is 2.14. The maximum Gasteiger partial charge on any atom is 0.231 e. The van der Waals surface area contributed by atoms with Gasteiger partial charge in [-0.15, -0.1) is 0 Å². The van der Waals surface area contributed by atoms with Gasteiger partial charge in [0.05, 0.1) is 11.8 Å². The molecule has 0 saturated carbocycles. The number of halogens is 1. The number of aromatic nitrogens is 3. The lowest BCUT2D eigenvalue weighted by Crippen LogP contribution is -2.35. The molecule has 5 rings (SSSR count). The number of fused-ring (bicyclic) bond motifs is 1. The number of rotatable bonds is 7. The van der Waals surface area contributed by atoms with Gasteiger partial charge in [-0.1, -0.05) is 60.7 Å². The fraction of sp³-hybridized carbons (Fsp3) is 0.0714. The van der Waals surface area contributed by atoms with Crippen LogP contribution < -0.4 is 15.4 Å². The summed E-state index contributed by atoms with van der Waals surface area (Å²) in [6.07, 6.45) is 3.48. The molecule has 0 atom stereocenters. The van der Waals surface area contributed by atoms with Crippen molar-refractivity contribution in [3.05, 3.63) is 114 Å². The number of ether oxygens (including phenoxy) is 1. The Kier molecular flexibility index (Phi) is 7.14. The predicted molar refractivity (Wildman–Crippen MR) is 144 cm³/mol. The second kappa shape index (κ2) is 11.0. The molecule has 2 aromatic heterocycles. The molecule has 0 aliphatic carbocycles. The Labute approximate surface area is 218 Å². The molecular formula is C28H22FN5O2S. The minimum absolute atomic E-state index is 0.000362. The number of amides is 1. The van der Waals surface area contributed by atoms with Gasteiger partial charge in [0.2, 0.25) is 11.8 Å². The second-order valence-corrected chi connectivity index (χ2v) is 8.67. The maximum absolute atomic E-state index is 14.9. The van der Waals surface area contributed by atoms with Gasteiger partial charge < -0.3 is 19.9 Å². The summed E-state index contributed by atoms with van der Waals surface area (Å²) in [6, 6.07) is 25.5. The molecule has 0 aliphatic rings. The fourth-order valence-corrected chi connectivity index (χ4v) is 4.08. The number of thiocarbonyl (C=S) groups is 1. The molecule has 0 bridgehead atoms. The molecule has 0 radical (unpaired) electrons. The van der Waals surface area contributed by atoms with E-state index < -0.39 is 5.82 Å². The van der Waals surface area contributed by atoms with E-state index in [0.29, 0.717) is 23.3 Å². The summed E-state index contributed by atoms with van der Waals surface area (Å²) >= 11 is 5.20. The van der Waals surface area contributed by atoms with Crippen molar-refractivity contribution in [1.29, 1.82) is 0 Å². The number of hydrogen-bond acceptors (Lipinski definition) is 5. The van der Waals surface area contributed by atoms with Crippen molar-refractivity contribution in [3.63, 3.8) is 0 Å². The summed E-state index contributed by atoms with van der Waals surface area (Å²) in [5.74, 6) is -0.629. The Morgan fingerprint density at radius 2 is 1.68 bits per heavy atom. The van der Waals surface area contributed by atoms with Crippen LogP contribution in [-0.4, -0.2) is 25.6 Å². The van der Waals surface area contributed by atoms with Crippen LogP contribution in [0.3, 0.4) is 0 Å². The largest absolute Gasteiger partial charge is 0.435 e. The molecule has 7 nitrogen and oxygen atoms in total. The quantitative estimate of drug-likeness (QED) is 0.282. The molecule has 1 amide bonds. The van der Waals surface area contributed by atoms with Gasteiger partial charge in [-0.25, -0.2) is 14.4 Å². The van der Waals surface area contributed by atoms with Gasteiger partial charge in [0.25, 0.3) is 0 Å². The highest BCUT2D eigenvalue weighted by Crippen LogP contribution is 2.30. The zero-order chi connectivity index (χ0) is 25.6. The first kappa shape index (κ1) is 24.1. The average molecular weight is 512 g/mol. The summed E-state index contributed by atoms with van der Waals surface area (Å²) in [6.45, 7) is 0.636. The van der Waals surface area contributed by atoms with Crippen LogP contribution in [0.1, 0.15) is 11.1 Å². The summed E-state index contributed by atoms with van der Waals surface area (Å²) in [5, 5.41) is 6.16. The van der Waals surface area contributed by atoms with Crippen molar-refractivity contribution in [2.75, 3.05) is 5.32 Å². The number of anilines is 1. The van der Waals surface area contributed by atoms with Crippen LogP contribution in [0.4, 0.5) is 10.1 Å². The van der Waals surface area contributed by atoms with Crippen molar-refractivity contribution in [2.24, 2.45) is 0 Å². The molecule has 2 heterocycles. The van der Waals surface area contributed by atoms with Crippen LogP contribution in [0.25, 0.3) is 11.0 Å². The average Bonchev–Trinajstić information content (AvgIpc) is 3.30. The van der Waals surface area contributed by atoms with E-state index in [4.69, 9.17) is 17.0 Å². The lowest BCUT2D eigenvalue weighted by molar-refractivity contribution is -0.119. The molecule has 0 unspecified atom stereocenters. The summed E-state index contributed by atoms with van der Waals surface area (Å²) in [5.41, 5.74) is 3.05. The zero-order valence-corrected chi connectivity index (χ0v) is 20.4. The molecule has 37 heavy (non-hydrogen) atoms. The highest BCUT2D eigenvalue weighted by molar-refractivity contribution is 7.80. The van der Waals surface area contributed by atoms with Gasteiger partial charge in [0.15, 0.2) is 16.7 Å². The van der Waals surface area contributed by atoms with E-state index in [0.717, 1.165) is 11.1 Å². The molecule has 0 fully saturated rings. The first-order chi connectivity index (χ1) is 18.0. The number of benzene rings is 3. The van der Waals surface area contributed by atoms with Crippen molar-refractivity contribution < 1.29 is 13.9 Å². The molecular weight excluding hydrogens is 489 g/mol. The Morgan fingerprint density at radius 1 is 0.946 bits per heavy atom. The van der Waals surface area contributed by atoms with Crippen LogP contribution in [0.15, 0.2) is 97.5 Å². The Bertz CT molecular complexity index is 1560. The van der Waals surface area contributed by atoms with Gasteiger partial charge >= 0.3 is 0 Å². The van der Waals surface area contributed by atoms with E-state index >= 15 is 0 Å². The molecule has 5 aromatic rings. The number of hydrogen-bond donors (Lipinski definition) is 2. The molecule has 9 heteroatoms. The van der Waals surface area contributed by atoms with Crippen molar-refractivity contribution in [1.82, 2.24) is 19.9 Å². The minimum Gasteiger partial charge on any atom is -0.435 e. The van der Waals surface area contributed by atoms with E-state index in [-0.39, 0.29) is 29.1 Å². The third kappa shape index (κ3) is 5.96. The smallest absolute Gasteiger partial charge is 0.231 e. The van der Waals surface area contributed by atoms with Crippen LogP contribution >= 0.6 is 12.2 Å². The first-order valence-corrected chi connectivity index (χ1v) is 11.9. The van der Waals surface area contributed by atoms with Gasteiger partial charge in [-0.2, -0.15) is 0 Å². The summed E-state index contributed by atoms with van der Waals surface area (Å²) in [7, 11) is 0. The van der Waals surface area contributed by atoms with Gasteiger partial charge in [-0.3, -0.25) is 4.79 Å². The molecule has 2 N–H and O–H groups in total. The van der Waals surface area contributed by atoms with Crippen LogP contribution in [0.5, 0.6) is 11.6 Å². The van der Waals surface area contributed by atoms with Crippen LogP contribution in [0, 0.1) is 5.82 Å². The van der Waals surface area contributed by atoms with E-state index in [1.54, 1.807) is 6.07 Å². The Balaban J connectivity index is 1.24. The Hall–Kier alpha value is -4.63. The number of carbonyl (C=O) groups is 1. The molecule has 184 valence electrons. The molecule has 0 spiro atoms. The molecule has 0 saturated heterocycles. The zero-order valence-electron chi connectivity index (χ0n) is 19.6. The van der Waals surface area contributed by atoms with Crippen LogP contribution in [0.2, 0.25) is 0 Å². The minimum atomic E-state index is -0.612. The monoisotopic (exact) mass is 511 g/mol. The highest BCUT2D eigenvalue weighted by atomic mass is 32.1. The van der Waals surface area contributed by atoms with E-state index in [2.05, 4.69) is 20.6 Å². The number of nitrogens with one attached hydrogen (secondary N) is 2. The van der Waals surface area contributed by atoms with E-state index in [1.807, 2.05) is 77.5 Å². The van der Waals surface area contributed by atoms with Crippen LogP contribution in [-0.2, 0) is 17.8 Å². The molecule has 3 aromatic carbocycles. The third-order valence-corrected chi connectivity index (χ3v) is 5.78. The van der Waals surface area contributed by atoms with E-state index in [9.17, 15) is 9.18 Å². The van der Waals surface area contributed by atoms with Gasteiger partial charge in [-0.05, 0) is 41.5 Å². The molecule has 0 aliphatic heterocycles. The van der Waals surface area contributed by atoms with Gasteiger partial charge in [0, 0.05) is 24.5 Å². The predicted octanol–water partition coefficient (Wildman–Crippen LogP) is 5.47. The first-order valence-electron chi connectivity index (χ1n) is 11.5. The summed E-state index contributed by atoms with van der Waals surface area (Å²) < 4.78 is 22.7. The lowest BCUT2D eigenvalue weighted by atomic mass is 10.1. The number of carbonyl (C=O) groups excluding carboxylic acids is 1. The van der Waals surface area contributed by atoms with Gasteiger partial charge in [0.1, 0.15) is 12.0 Å². The second-order valence-electron chi connectivity index (χ2n) is 8.26. The van der Waals surface area contributed by atoms with E-state index in [1.165, 1.54) is 18.5 Å². The summed E-state index contributed by atoms with van der Waals surface area (Å²) in [4.78, 5) is 20.8. The standard InChI is InChI=1S/C28H22FN5O2S/c29-23-16-21(32-28(37)33-25(35)15-19-7-3-1-4-8-19)11-12-24(23)36-27-22-13-14-34(26(22)30-18-31-27)17-20-9-5-2-6-10-20/h1-14,16,18H,15,17H2,(H2,32,33,35,37). The maximum atomic E-state index is 14.9. The normalized spacial score (nSPS) is 10.7. The number of nitrogens with zero attached hydrogens (tertiary/aromatic N) is 3. The lowest BCUT2D eigenvalue weighted by Gasteiger charge is -2.12. The SMILES string of the molecule is O=C(Cc1ccccc1)NC(=S)Nc1ccc(Oc2ncnc3c2ccn3Cc2ccccc2)c(F)c1. The van der Waals surface area contributed by atoms with Crippen molar-refractivity contribution >= 4 is 40.0 Å². The Morgan fingerprint density at radius 3 is 2.41 bits per heavy atom. The topological polar surface area (TPSA) is 81.1 Å². The van der Waals surface area contributed by atoms with Crippen molar-refractivity contribution in [2.45, 2.75) is 13.0 Å². The third-order valence-electron chi connectivity index (χ3n) is 5.57. The van der Waals surface area contributed by atoms with Crippen molar-refractivity contribution in [3.8, 4) is 11.6 Å². The fourth-order valence-electron chi connectivity index (χ4n) is 3.85.